The SMILES string of the molecule is CCC(C)NC(=O)CN1CCN(C(=O)c2ccc(Cl)cc2)CC1. The first kappa shape index (κ1) is 17.8. The molecule has 0 saturated carbocycles. The van der Waals surface area contributed by atoms with Crippen LogP contribution in [0.25, 0.3) is 0 Å². The predicted molar refractivity (Wildman–Crippen MR) is 91.7 cm³/mol. The van der Waals surface area contributed by atoms with Crippen molar-refractivity contribution in [3.63, 3.8) is 0 Å². The van der Waals surface area contributed by atoms with Gasteiger partial charge in [-0.25, -0.2) is 0 Å². The van der Waals surface area contributed by atoms with E-state index in [2.05, 4.69) is 10.2 Å². The van der Waals surface area contributed by atoms with E-state index in [1.54, 1.807) is 24.3 Å². The third-order valence-electron chi connectivity index (χ3n) is 4.14. The highest BCUT2D eigenvalue weighted by atomic mass is 35.5. The zero-order valence-electron chi connectivity index (χ0n) is 13.7. The van der Waals surface area contributed by atoms with Crippen LogP contribution in [-0.2, 0) is 4.79 Å². The van der Waals surface area contributed by atoms with Crippen molar-refractivity contribution >= 4 is 23.4 Å². The molecule has 1 aliphatic heterocycles. The van der Waals surface area contributed by atoms with E-state index >= 15 is 0 Å². The van der Waals surface area contributed by atoms with Crippen molar-refractivity contribution in [1.82, 2.24) is 15.1 Å². The largest absolute Gasteiger partial charge is 0.353 e. The summed E-state index contributed by atoms with van der Waals surface area (Å²) < 4.78 is 0. The van der Waals surface area contributed by atoms with Gasteiger partial charge in [0.15, 0.2) is 0 Å². The molecule has 1 N–H and O–H groups in total. The number of rotatable bonds is 5. The van der Waals surface area contributed by atoms with E-state index in [-0.39, 0.29) is 17.9 Å². The Balaban J connectivity index is 1.80. The first-order valence-electron chi connectivity index (χ1n) is 8.06. The van der Waals surface area contributed by atoms with E-state index in [4.69, 9.17) is 11.6 Å². The number of nitrogens with zero attached hydrogens (tertiary/aromatic N) is 2. The smallest absolute Gasteiger partial charge is 0.253 e. The Morgan fingerprint density at radius 3 is 2.35 bits per heavy atom. The maximum absolute atomic E-state index is 12.4. The lowest BCUT2D eigenvalue weighted by molar-refractivity contribution is -0.123. The van der Waals surface area contributed by atoms with Crippen LogP contribution in [-0.4, -0.2) is 60.4 Å². The van der Waals surface area contributed by atoms with Crippen molar-refractivity contribution < 1.29 is 9.59 Å². The topological polar surface area (TPSA) is 52.7 Å². The first-order valence-corrected chi connectivity index (χ1v) is 8.44. The molecule has 1 unspecified atom stereocenters. The van der Waals surface area contributed by atoms with Gasteiger partial charge in [0.1, 0.15) is 0 Å². The number of hydrogen-bond donors (Lipinski definition) is 1. The lowest BCUT2D eigenvalue weighted by Crippen LogP contribution is -2.51. The van der Waals surface area contributed by atoms with Gasteiger partial charge >= 0.3 is 0 Å². The Labute approximate surface area is 142 Å². The summed E-state index contributed by atoms with van der Waals surface area (Å²) in [4.78, 5) is 28.2. The summed E-state index contributed by atoms with van der Waals surface area (Å²) in [5, 5.41) is 3.59. The monoisotopic (exact) mass is 337 g/mol. The average molecular weight is 338 g/mol. The number of carbonyl (C=O) groups is 2. The Hall–Kier alpha value is -1.59. The number of benzene rings is 1. The van der Waals surface area contributed by atoms with Gasteiger partial charge in [0, 0.05) is 42.8 Å². The molecule has 126 valence electrons. The van der Waals surface area contributed by atoms with Crippen LogP contribution in [0.5, 0.6) is 0 Å². The van der Waals surface area contributed by atoms with Gasteiger partial charge in [0.05, 0.1) is 6.54 Å². The van der Waals surface area contributed by atoms with Gasteiger partial charge in [-0.05, 0) is 37.6 Å². The highest BCUT2D eigenvalue weighted by Crippen LogP contribution is 2.13. The second kappa shape index (κ2) is 8.31. The molecule has 1 saturated heterocycles. The molecule has 0 radical (unpaired) electrons. The maximum atomic E-state index is 12.4. The van der Waals surface area contributed by atoms with Crippen molar-refractivity contribution in [2.75, 3.05) is 32.7 Å². The Morgan fingerprint density at radius 2 is 1.78 bits per heavy atom. The summed E-state index contributed by atoms with van der Waals surface area (Å²) in [7, 11) is 0. The van der Waals surface area contributed by atoms with Crippen LogP contribution in [0.15, 0.2) is 24.3 Å². The summed E-state index contributed by atoms with van der Waals surface area (Å²) in [5.41, 5.74) is 0.650. The van der Waals surface area contributed by atoms with E-state index < -0.39 is 0 Å². The molecule has 23 heavy (non-hydrogen) atoms. The number of amides is 2. The standard InChI is InChI=1S/C17H24ClN3O2/c1-3-13(2)19-16(22)12-20-8-10-21(11-9-20)17(23)14-4-6-15(18)7-5-14/h4-7,13H,3,8-12H2,1-2H3,(H,19,22). The predicted octanol–water partition coefficient (Wildman–Crippen LogP) is 2.01. The average Bonchev–Trinajstić information content (AvgIpc) is 2.55. The summed E-state index contributed by atoms with van der Waals surface area (Å²) in [6.45, 7) is 7.15. The maximum Gasteiger partial charge on any atom is 0.253 e. The zero-order valence-corrected chi connectivity index (χ0v) is 14.5. The molecular weight excluding hydrogens is 314 g/mol. The molecular formula is C17H24ClN3O2. The Kier molecular flexibility index (Phi) is 6.42. The number of hydrogen-bond acceptors (Lipinski definition) is 3. The fraction of sp³-hybridized carbons (Fsp3) is 0.529. The molecule has 1 aromatic carbocycles. The lowest BCUT2D eigenvalue weighted by Gasteiger charge is -2.34. The zero-order chi connectivity index (χ0) is 16.8. The molecule has 1 heterocycles. The van der Waals surface area contributed by atoms with Gasteiger partial charge in [0.25, 0.3) is 5.91 Å². The highest BCUT2D eigenvalue weighted by molar-refractivity contribution is 6.30. The third-order valence-corrected chi connectivity index (χ3v) is 4.39. The number of piperazine rings is 1. The van der Waals surface area contributed by atoms with Crippen molar-refractivity contribution in [1.29, 1.82) is 0 Å². The van der Waals surface area contributed by atoms with E-state index in [0.29, 0.717) is 43.3 Å². The van der Waals surface area contributed by atoms with Gasteiger partial charge in [-0.15, -0.1) is 0 Å². The molecule has 0 bridgehead atoms. The van der Waals surface area contributed by atoms with Crippen molar-refractivity contribution in [2.24, 2.45) is 0 Å². The fourth-order valence-corrected chi connectivity index (χ4v) is 2.64. The number of halogens is 1. The first-order chi connectivity index (χ1) is 11.0. The van der Waals surface area contributed by atoms with E-state index in [1.165, 1.54) is 0 Å². The summed E-state index contributed by atoms with van der Waals surface area (Å²) in [6.07, 6.45) is 0.926. The van der Waals surface area contributed by atoms with E-state index in [9.17, 15) is 9.59 Å². The Bertz CT molecular complexity index is 539. The van der Waals surface area contributed by atoms with E-state index in [1.807, 2.05) is 18.7 Å². The van der Waals surface area contributed by atoms with Crippen LogP contribution in [0.4, 0.5) is 0 Å². The van der Waals surface area contributed by atoms with Crippen LogP contribution < -0.4 is 5.32 Å². The minimum absolute atomic E-state index is 0.0189. The van der Waals surface area contributed by atoms with Crippen LogP contribution in [0.3, 0.4) is 0 Å². The quantitative estimate of drug-likeness (QED) is 0.894. The second-order valence-corrected chi connectivity index (χ2v) is 6.39. The molecule has 1 aromatic rings. The van der Waals surface area contributed by atoms with Gasteiger partial charge in [-0.2, -0.15) is 0 Å². The summed E-state index contributed by atoms with van der Waals surface area (Å²) >= 11 is 5.85. The molecule has 0 aromatic heterocycles. The molecule has 1 fully saturated rings. The van der Waals surface area contributed by atoms with Gasteiger partial charge < -0.3 is 10.2 Å². The van der Waals surface area contributed by atoms with Crippen molar-refractivity contribution in [3.8, 4) is 0 Å². The minimum Gasteiger partial charge on any atom is -0.353 e. The van der Waals surface area contributed by atoms with Gasteiger partial charge in [-0.3, -0.25) is 14.5 Å². The minimum atomic E-state index is 0.0189. The lowest BCUT2D eigenvalue weighted by atomic mass is 10.2. The normalized spacial score (nSPS) is 16.9. The molecule has 6 heteroatoms. The number of nitrogens with one attached hydrogen (secondary N) is 1. The fourth-order valence-electron chi connectivity index (χ4n) is 2.51. The molecule has 2 amide bonds. The summed E-state index contributed by atoms with van der Waals surface area (Å²) in [6, 6.07) is 7.15. The van der Waals surface area contributed by atoms with Gasteiger partial charge in [-0.1, -0.05) is 18.5 Å². The van der Waals surface area contributed by atoms with Crippen LogP contribution in [0.1, 0.15) is 30.6 Å². The van der Waals surface area contributed by atoms with E-state index in [0.717, 1.165) is 6.42 Å². The van der Waals surface area contributed by atoms with Crippen molar-refractivity contribution in [3.05, 3.63) is 34.9 Å². The molecule has 1 aliphatic rings. The van der Waals surface area contributed by atoms with Crippen LogP contribution in [0, 0.1) is 0 Å². The summed E-state index contributed by atoms with van der Waals surface area (Å²) in [5.74, 6) is 0.0715. The van der Waals surface area contributed by atoms with Crippen LogP contribution in [0.2, 0.25) is 5.02 Å². The molecule has 0 spiro atoms. The molecule has 1 atom stereocenters. The van der Waals surface area contributed by atoms with Gasteiger partial charge in [0.2, 0.25) is 5.91 Å². The third kappa shape index (κ3) is 5.22. The van der Waals surface area contributed by atoms with Crippen LogP contribution >= 0.6 is 11.6 Å². The van der Waals surface area contributed by atoms with Crippen molar-refractivity contribution in [2.45, 2.75) is 26.3 Å². The molecule has 5 nitrogen and oxygen atoms in total. The molecule has 0 aliphatic carbocycles. The second-order valence-electron chi connectivity index (χ2n) is 5.95. The Morgan fingerprint density at radius 1 is 1.17 bits per heavy atom. The highest BCUT2D eigenvalue weighted by Gasteiger charge is 2.23. The number of carbonyl (C=O) groups excluding carboxylic acids is 2. The molecule has 2 rings (SSSR count).